The number of hydrogen-bond acceptors (Lipinski definition) is 5. The Morgan fingerprint density at radius 3 is 2.76 bits per heavy atom. The van der Waals surface area contributed by atoms with Crippen molar-refractivity contribution >= 4 is 15.6 Å². The monoisotopic (exact) mass is 316 g/mol. The van der Waals surface area contributed by atoms with Crippen molar-refractivity contribution in [1.82, 2.24) is 0 Å². The number of carbonyl (C=O) groups is 1. The lowest BCUT2D eigenvalue weighted by Crippen LogP contribution is -2.33. The minimum Gasteiger partial charge on any atom is -0.496 e. The van der Waals surface area contributed by atoms with E-state index in [0.717, 1.165) is 12.1 Å². The normalized spacial score (nSPS) is 22.2. The van der Waals surface area contributed by atoms with Crippen LogP contribution in [-0.4, -0.2) is 45.0 Å². The molecule has 2 atom stereocenters. The third-order valence-electron chi connectivity index (χ3n) is 3.56. The second-order valence-electron chi connectivity index (χ2n) is 4.98. The zero-order valence-corrected chi connectivity index (χ0v) is 12.7. The van der Waals surface area contributed by atoms with Gasteiger partial charge in [-0.15, -0.1) is 0 Å². The van der Waals surface area contributed by atoms with Gasteiger partial charge in [0.25, 0.3) is 0 Å². The fourth-order valence-corrected chi connectivity index (χ4v) is 4.30. The lowest BCUT2D eigenvalue weighted by molar-refractivity contribution is 0.101. The highest BCUT2D eigenvalue weighted by molar-refractivity contribution is 7.92. The van der Waals surface area contributed by atoms with E-state index in [-0.39, 0.29) is 11.3 Å². The molecule has 0 N–H and O–H groups in total. The van der Waals surface area contributed by atoms with Crippen molar-refractivity contribution in [1.29, 1.82) is 0 Å². The van der Waals surface area contributed by atoms with Crippen LogP contribution >= 0.6 is 0 Å². The lowest BCUT2D eigenvalue weighted by Gasteiger charge is -2.15. The lowest BCUT2D eigenvalue weighted by atomic mass is 10.1. The van der Waals surface area contributed by atoms with E-state index < -0.39 is 38.5 Å². The van der Waals surface area contributed by atoms with Crippen LogP contribution in [0.1, 0.15) is 23.7 Å². The average molecular weight is 316 g/mol. The van der Waals surface area contributed by atoms with Gasteiger partial charge in [0.2, 0.25) is 0 Å². The minimum absolute atomic E-state index is 0.0624. The summed E-state index contributed by atoms with van der Waals surface area (Å²) in [6, 6.07) is 3.44. The van der Waals surface area contributed by atoms with E-state index in [1.807, 2.05) is 0 Å². The maximum atomic E-state index is 13.3. The topological polar surface area (TPSA) is 69.7 Å². The molecule has 7 heteroatoms. The highest BCUT2D eigenvalue weighted by Crippen LogP contribution is 2.24. The predicted octanol–water partition coefficient (Wildman–Crippen LogP) is 1.61. The van der Waals surface area contributed by atoms with Gasteiger partial charge < -0.3 is 9.47 Å². The van der Waals surface area contributed by atoms with Gasteiger partial charge in [0.05, 0.1) is 24.0 Å². The molecule has 1 aromatic rings. The van der Waals surface area contributed by atoms with Crippen LogP contribution in [0.3, 0.4) is 0 Å². The van der Waals surface area contributed by atoms with Gasteiger partial charge in [0, 0.05) is 6.61 Å². The number of halogens is 1. The molecule has 0 bridgehead atoms. The summed E-state index contributed by atoms with van der Waals surface area (Å²) in [6.07, 6.45) is -0.0611. The van der Waals surface area contributed by atoms with Crippen molar-refractivity contribution in [2.75, 3.05) is 19.5 Å². The molecular weight excluding hydrogens is 299 g/mol. The van der Waals surface area contributed by atoms with Crippen LogP contribution in [0.2, 0.25) is 0 Å². The Morgan fingerprint density at radius 1 is 1.48 bits per heavy atom. The Labute approximate surface area is 123 Å². The SMILES string of the molecule is COc1ccc(F)cc1C(=O)CS(=O)(=O)C1CCOC1C. The summed E-state index contributed by atoms with van der Waals surface area (Å²) in [4.78, 5) is 12.2. The second-order valence-corrected chi connectivity index (χ2v) is 7.20. The first-order chi connectivity index (χ1) is 9.85. The van der Waals surface area contributed by atoms with Gasteiger partial charge >= 0.3 is 0 Å². The third kappa shape index (κ3) is 3.41. The van der Waals surface area contributed by atoms with Crippen LogP contribution in [0.25, 0.3) is 0 Å². The maximum Gasteiger partial charge on any atom is 0.181 e. The molecule has 0 radical (unpaired) electrons. The number of carbonyl (C=O) groups excluding carboxylic acids is 1. The van der Waals surface area contributed by atoms with Crippen molar-refractivity contribution in [2.45, 2.75) is 24.7 Å². The zero-order chi connectivity index (χ0) is 15.6. The first kappa shape index (κ1) is 15.9. The van der Waals surface area contributed by atoms with Crippen molar-refractivity contribution in [2.24, 2.45) is 0 Å². The molecule has 0 amide bonds. The molecule has 0 saturated carbocycles. The largest absolute Gasteiger partial charge is 0.496 e. The molecule has 0 aliphatic carbocycles. The van der Waals surface area contributed by atoms with Crippen LogP contribution < -0.4 is 4.74 Å². The molecule has 1 fully saturated rings. The van der Waals surface area contributed by atoms with E-state index in [0.29, 0.717) is 13.0 Å². The predicted molar refractivity (Wildman–Crippen MR) is 74.9 cm³/mol. The second kappa shape index (κ2) is 6.11. The fraction of sp³-hybridized carbons (Fsp3) is 0.500. The Hall–Kier alpha value is -1.47. The standard InChI is InChI=1S/C14H17FO5S/c1-9-14(5-6-20-9)21(17,18)8-12(16)11-7-10(15)3-4-13(11)19-2/h3-4,7,9,14H,5-6,8H2,1-2H3. The van der Waals surface area contributed by atoms with Gasteiger partial charge in [-0.25, -0.2) is 12.8 Å². The van der Waals surface area contributed by atoms with E-state index >= 15 is 0 Å². The molecule has 1 aliphatic heterocycles. The average Bonchev–Trinajstić information content (AvgIpc) is 2.85. The summed E-state index contributed by atoms with van der Waals surface area (Å²) in [5.74, 6) is -1.81. The smallest absolute Gasteiger partial charge is 0.181 e. The molecular formula is C14H17FO5S. The molecule has 21 heavy (non-hydrogen) atoms. The zero-order valence-electron chi connectivity index (χ0n) is 11.8. The van der Waals surface area contributed by atoms with Crippen LogP contribution in [-0.2, 0) is 14.6 Å². The van der Waals surface area contributed by atoms with Crippen LogP contribution in [0.15, 0.2) is 18.2 Å². The highest BCUT2D eigenvalue weighted by atomic mass is 32.2. The van der Waals surface area contributed by atoms with E-state index in [2.05, 4.69) is 0 Å². The van der Waals surface area contributed by atoms with Crippen molar-refractivity contribution in [3.05, 3.63) is 29.6 Å². The molecule has 116 valence electrons. The van der Waals surface area contributed by atoms with Gasteiger partial charge in [0.1, 0.15) is 17.3 Å². The first-order valence-electron chi connectivity index (χ1n) is 6.55. The number of rotatable bonds is 5. The molecule has 2 rings (SSSR count). The molecule has 1 heterocycles. The third-order valence-corrected chi connectivity index (χ3v) is 5.77. The van der Waals surface area contributed by atoms with Crippen molar-refractivity contribution in [3.8, 4) is 5.75 Å². The molecule has 1 aromatic carbocycles. The minimum atomic E-state index is -3.65. The number of sulfone groups is 1. The Bertz CT molecular complexity index is 641. The summed E-state index contributed by atoms with van der Waals surface area (Å²) >= 11 is 0. The molecule has 5 nitrogen and oxygen atoms in total. The summed E-state index contributed by atoms with van der Waals surface area (Å²) in [6.45, 7) is 2.03. The molecule has 1 saturated heterocycles. The summed E-state index contributed by atoms with van der Waals surface area (Å²) < 4.78 is 48.0. The first-order valence-corrected chi connectivity index (χ1v) is 8.26. The molecule has 0 aromatic heterocycles. The Morgan fingerprint density at radius 2 is 2.19 bits per heavy atom. The summed E-state index contributed by atoms with van der Waals surface area (Å²) in [7, 11) is -2.31. The Kier molecular flexibility index (Phi) is 4.63. The molecule has 1 aliphatic rings. The number of ether oxygens (including phenoxy) is 2. The van der Waals surface area contributed by atoms with Gasteiger partial charge in [-0.1, -0.05) is 0 Å². The molecule has 0 spiro atoms. The number of methoxy groups -OCH3 is 1. The number of benzene rings is 1. The van der Waals surface area contributed by atoms with Gasteiger partial charge in [-0.2, -0.15) is 0 Å². The van der Waals surface area contributed by atoms with Crippen LogP contribution in [0.4, 0.5) is 4.39 Å². The van der Waals surface area contributed by atoms with Gasteiger partial charge in [-0.3, -0.25) is 4.79 Å². The van der Waals surface area contributed by atoms with E-state index in [9.17, 15) is 17.6 Å². The van der Waals surface area contributed by atoms with E-state index in [4.69, 9.17) is 9.47 Å². The number of Topliss-reactive ketones (excluding diaryl/α,β-unsaturated/α-hetero) is 1. The fourth-order valence-electron chi connectivity index (χ4n) is 2.45. The van der Waals surface area contributed by atoms with Crippen LogP contribution in [0, 0.1) is 5.82 Å². The van der Waals surface area contributed by atoms with Crippen LogP contribution in [0.5, 0.6) is 5.75 Å². The number of hydrogen-bond donors (Lipinski definition) is 0. The summed E-state index contributed by atoms with van der Waals surface area (Å²) in [5.41, 5.74) is -0.0624. The summed E-state index contributed by atoms with van der Waals surface area (Å²) in [5, 5.41) is -0.694. The maximum absolute atomic E-state index is 13.3. The van der Waals surface area contributed by atoms with Gasteiger partial charge in [-0.05, 0) is 31.5 Å². The molecule has 2 unspecified atom stereocenters. The number of ketones is 1. The van der Waals surface area contributed by atoms with E-state index in [1.54, 1.807) is 6.92 Å². The van der Waals surface area contributed by atoms with E-state index in [1.165, 1.54) is 13.2 Å². The van der Waals surface area contributed by atoms with Gasteiger partial charge in [0.15, 0.2) is 15.6 Å². The van der Waals surface area contributed by atoms with Crippen molar-refractivity contribution in [3.63, 3.8) is 0 Å². The van der Waals surface area contributed by atoms with Crippen molar-refractivity contribution < 1.29 is 27.1 Å². The Balaban J connectivity index is 2.23. The highest BCUT2D eigenvalue weighted by Gasteiger charge is 2.37. The quantitative estimate of drug-likeness (QED) is 0.772.